The largest absolute Gasteiger partial charge is 0.496 e. The van der Waals surface area contributed by atoms with Gasteiger partial charge in [0.2, 0.25) is 0 Å². The summed E-state index contributed by atoms with van der Waals surface area (Å²) in [5.41, 5.74) is 3.22. The zero-order chi connectivity index (χ0) is 18.2. The van der Waals surface area contributed by atoms with Crippen LogP contribution >= 0.6 is 23.2 Å². The van der Waals surface area contributed by atoms with Crippen LogP contribution in [0.1, 0.15) is 15.9 Å². The Morgan fingerprint density at radius 1 is 1.20 bits per heavy atom. The van der Waals surface area contributed by atoms with Gasteiger partial charge in [-0.15, -0.1) is 0 Å². The predicted octanol–water partition coefficient (Wildman–Crippen LogP) is 2.88. The van der Waals surface area contributed by atoms with Gasteiger partial charge in [0.25, 0.3) is 11.8 Å². The number of nitrogens with one attached hydrogen (secondary N) is 2. The van der Waals surface area contributed by atoms with Crippen LogP contribution in [-0.4, -0.2) is 31.7 Å². The molecular weight excluding hydrogens is 365 g/mol. The number of amides is 2. The van der Waals surface area contributed by atoms with Crippen LogP contribution in [0, 0.1) is 0 Å². The minimum absolute atomic E-state index is 0.194. The molecule has 0 unspecified atom stereocenters. The molecule has 2 aromatic carbocycles. The van der Waals surface area contributed by atoms with Crippen molar-refractivity contribution in [3.8, 4) is 5.75 Å². The van der Waals surface area contributed by atoms with Crippen LogP contribution in [0.4, 0.5) is 0 Å². The van der Waals surface area contributed by atoms with E-state index in [2.05, 4.69) is 15.8 Å². The van der Waals surface area contributed by atoms with Crippen molar-refractivity contribution in [2.45, 2.75) is 0 Å². The normalized spacial score (nSPS) is 10.5. The third-order valence-corrected chi connectivity index (χ3v) is 3.68. The maximum absolute atomic E-state index is 12.0. The number of hydrazone groups is 1. The fourth-order valence-corrected chi connectivity index (χ4v) is 2.29. The second kappa shape index (κ2) is 9.05. The molecule has 130 valence electrons. The molecule has 0 aromatic heterocycles. The number of carbonyl (C=O) groups is 2. The standard InChI is InChI=1S/C17H15Cl2N3O3/c1-25-15-5-3-2-4-11(15)9-21-22-16(23)10-20-17(24)13-8-12(18)6-7-14(13)19/h2-9H,10H2,1H3,(H,20,24)(H,22,23). The minimum Gasteiger partial charge on any atom is -0.496 e. The maximum atomic E-state index is 12.0. The van der Waals surface area contributed by atoms with E-state index in [0.717, 1.165) is 0 Å². The number of ether oxygens (including phenoxy) is 1. The first-order valence-corrected chi connectivity index (χ1v) is 7.95. The van der Waals surface area contributed by atoms with E-state index in [4.69, 9.17) is 27.9 Å². The highest BCUT2D eigenvalue weighted by molar-refractivity contribution is 6.35. The summed E-state index contributed by atoms with van der Waals surface area (Å²) in [5, 5.41) is 6.90. The highest BCUT2D eigenvalue weighted by atomic mass is 35.5. The molecule has 0 aliphatic heterocycles. The summed E-state index contributed by atoms with van der Waals surface area (Å²) >= 11 is 11.8. The molecule has 25 heavy (non-hydrogen) atoms. The lowest BCUT2D eigenvalue weighted by Gasteiger charge is -2.06. The fourth-order valence-electron chi connectivity index (χ4n) is 1.91. The third-order valence-electron chi connectivity index (χ3n) is 3.11. The van der Waals surface area contributed by atoms with E-state index in [1.165, 1.54) is 18.3 Å². The Bertz CT molecular complexity index is 809. The number of hydrogen-bond donors (Lipinski definition) is 2. The van der Waals surface area contributed by atoms with E-state index < -0.39 is 11.8 Å². The summed E-state index contributed by atoms with van der Waals surface area (Å²) < 4.78 is 5.17. The number of halogens is 2. The van der Waals surface area contributed by atoms with Gasteiger partial charge in [0.15, 0.2) is 0 Å². The summed E-state index contributed by atoms with van der Waals surface area (Å²) in [6, 6.07) is 11.7. The molecule has 0 fully saturated rings. The van der Waals surface area contributed by atoms with Crippen LogP contribution < -0.4 is 15.5 Å². The van der Waals surface area contributed by atoms with Gasteiger partial charge in [0.05, 0.1) is 30.5 Å². The number of benzene rings is 2. The number of methoxy groups -OCH3 is 1. The van der Waals surface area contributed by atoms with Crippen molar-refractivity contribution in [3.05, 3.63) is 63.6 Å². The number of rotatable bonds is 6. The van der Waals surface area contributed by atoms with E-state index in [9.17, 15) is 9.59 Å². The molecule has 2 rings (SSSR count). The average molecular weight is 380 g/mol. The van der Waals surface area contributed by atoms with Crippen molar-refractivity contribution < 1.29 is 14.3 Å². The summed E-state index contributed by atoms with van der Waals surface area (Å²) in [7, 11) is 1.54. The summed E-state index contributed by atoms with van der Waals surface area (Å²) in [6.45, 7) is -0.259. The van der Waals surface area contributed by atoms with Crippen LogP contribution in [0.2, 0.25) is 10.0 Å². The first-order chi connectivity index (χ1) is 12.0. The maximum Gasteiger partial charge on any atom is 0.259 e. The zero-order valence-corrected chi connectivity index (χ0v) is 14.8. The van der Waals surface area contributed by atoms with Gasteiger partial charge in [-0.3, -0.25) is 9.59 Å². The Morgan fingerprint density at radius 2 is 1.96 bits per heavy atom. The topological polar surface area (TPSA) is 79.8 Å². The predicted molar refractivity (Wildman–Crippen MR) is 97.5 cm³/mol. The lowest BCUT2D eigenvalue weighted by molar-refractivity contribution is -0.120. The molecule has 0 aliphatic rings. The van der Waals surface area contributed by atoms with Crippen LogP contribution in [0.25, 0.3) is 0 Å². The Labute approximate surface area is 154 Å². The SMILES string of the molecule is COc1ccccc1C=NNC(=O)CNC(=O)c1cc(Cl)ccc1Cl. The quantitative estimate of drug-likeness (QED) is 0.598. The Hall–Kier alpha value is -2.57. The van der Waals surface area contributed by atoms with E-state index >= 15 is 0 Å². The van der Waals surface area contributed by atoms with Crippen molar-refractivity contribution >= 4 is 41.2 Å². The minimum atomic E-state index is -0.503. The lowest BCUT2D eigenvalue weighted by atomic mass is 10.2. The van der Waals surface area contributed by atoms with Gasteiger partial charge in [0.1, 0.15) is 5.75 Å². The van der Waals surface area contributed by atoms with Crippen molar-refractivity contribution in [1.82, 2.24) is 10.7 Å². The lowest BCUT2D eigenvalue weighted by Crippen LogP contribution is -2.35. The second-order valence-corrected chi connectivity index (χ2v) is 5.69. The van der Waals surface area contributed by atoms with Gasteiger partial charge in [-0.1, -0.05) is 35.3 Å². The Morgan fingerprint density at radius 3 is 2.72 bits per heavy atom. The number of nitrogens with zero attached hydrogens (tertiary/aromatic N) is 1. The summed E-state index contributed by atoms with van der Waals surface area (Å²) in [6.07, 6.45) is 1.45. The molecule has 0 radical (unpaired) electrons. The monoisotopic (exact) mass is 379 g/mol. The van der Waals surface area contributed by atoms with E-state index in [0.29, 0.717) is 16.3 Å². The van der Waals surface area contributed by atoms with E-state index in [-0.39, 0.29) is 17.1 Å². The Kier molecular flexibility index (Phi) is 6.80. The Balaban J connectivity index is 1.87. The highest BCUT2D eigenvalue weighted by Gasteiger charge is 2.12. The van der Waals surface area contributed by atoms with Crippen LogP contribution in [0.5, 0.6) is 5.75 Å². The average Bonchev–Trinajstić information content (AvgIpc) is 2.62. The van der Waals surface area contributed by atoms with E-state index in [1.807, 2.05) is 12.1 Å². The molecule has 0 saturated heterocycles. The number of carbonyl (C=O) groups excluding carboxylic acids is 2. The molecule has 6 nitrogen and oxygen atoms in total. The summed E-state index contributed by atoms with van der Waals surface area (Å²) in [5.74, 6) is -0.363. The van der Waals surface area contributed by atoms with Crippen LogP contribution in [-0.2, 0) is 4.79 Å². The van der Waals surface area contributed by atoms with Crippen molar-refractivity contribution in [1.29, 1.82) is 0 Å². The molecule has 2 amide bonds. The molecule has 0 bridgehead atoms. The highest BCUT2D eigenvalue weighted by Crippen LogP contribution is 2.20. The zero-order valence-electron chi connectivity index (χ0n) is 13.3. The molecule has 0 atom stereocenters. The molecule has 0 spiro atoms. The van der Waals surface area contributed by atoms with Crippen molar-refractivity contribution in [2.75, 3.05) is 13.7 Å². The molecular formula is C17H15Cl2N3O3. The number of hydrogen-bond acceptors (Lipinski definition) is 4. The molecule has 2 N–H and O–H groups in total. The van der Waals surface area contributed by atoms with Crippen LogP contribution in [0.3, 0.4) is 0 Å². The molecule has 0 heterocycles. The van der Waals surface area contributed by atoms with Gasteiger partial charge in [-0.05, 0) is 30.3 Å². The molecule has 0 aliphatic carbocycles. The first-order valence-electron chi connectivity index (χ1n) is 7.19. The van der Waals surface area contributed by atoms with Crippen molar-refractivity contribution in [2.24, 2.45) is 5.10 Å². The van der Waals surface area contributed by atoms with Gasteiger partial charge < -0.3 is 10.1 Å². The van der Waals surface area contributed by atoms with Gasteiger partial charge in [-0.2, -0.15) is 5.10 Å². The second-order valence-electron chi connectivity index (χ2n) is 4.84. The number of para-hydroxylation sites is 1. The molecule has 0 saturated carbocycles. The molecule has 8 heteroatoms. The third kappa shape index (κ3) is 5.48. The van der Waals surface area contributed by atoms with Gasteiger partial charge >= 0.3 is 0 Å². The summed E-state index contributed by atoms with van der Waals surface area (Å²) in [4.78, 5) is 23.8. The first kappa shape index (κ1) is 18.8. The fraction of sp³-hybridized carbons (Fsp3) is 0.118. The van der Waals surface area contributed by atoms with Crippen LogP contribution in [0.15, 0.2) is 47.6 Å². The van der Waals surface area contributed by atoms with E-state index in [1.54, 1.807) is 25.3 Å². The van der Waals surface area contributed by atoms with Gasteiger partial charge in [-0.25, -0.2) is 5.43 Å². The van der Waals surface area contributed by atoms with Gasteiger partial charge in [0, 0.05) is 10.6 Å². The van der Waals surface area contributed by atoms with Crippen molar-refractivity contribution in [3.63, 3.8) is 0 Å². The smallest absolute Gasteiger partial charge is 0.259 e. The molecule has 2 aromatic rings.